The molecule has 0 aliphatic rings. The van der Waals surface area contributed by atoms with E-state index >= 15 is 0 Å². The second-order valence-corrected chi connectivity index (χ2v) is 4.68. The highest BCUT2D eigenvalue weighted by atomic mass is 35.5. The number of nitrogens with two attached hydrogens (primary N) is 1. The first-order valence-electron chi connectivity index (χ1n) is 6.01. The van der Waals surface area contributed by atoms with Crippen LogP contribution in [0.3, 0.4) is 0 Å². The van der Waals surface area contributed by atoms with Gasteiger partial charge >= 0.3 is 0 Å². The summed E-state index contributed by atoms with van der Waals surface area (Å²) in [5.41, 5.74) is 4.11. The van der Waals surface area contributed by atoms with Gasteiger partial charge in [0.05, 0.1) is 0 Å². The van der Waals surface area contributed by atoms with E-state index in [0.717, 1.165) is 12.1 Å². The summed E-state index contributed by atoms with van der Waals surface area (Å²) in [6.07, 6.45) is 3.12. The van der Waals surface area contributed by atoms with Gasteiger partial charge in [-0.05, 0) is 37.1 Å². The highest BCUT2D eigenvalue weighted by molar-refractivity contribution is 6.30. The van der Waals surface area contributed by atoms with E-state index in [4.69, 9.17) is 17.4 Å². The Morgan fingerprint density at radius 3 is 2.79 bits per heavy atom. The van der Waals surface area contributed by atoms with Crippen molar-refractivity contribution in [2.75, 3.05) is 0 Å². The maximum Gasteiger partial charge on any atom is 0.129 e. The van der Waals surface area contributed by atoms with E-state index in [1.54, 1.807) is 18.3 Å². The fraction of sp³-hybridized carbons (Fsp3) is 0.214. The fourth-order valence-corrected chi connectivity index (χ4v) is 2.11. The van der Waals surface area contributed by atoms with Crippen LogP contribution in [0, 0.1) is 5.82 Å². The minimum absolute atomic E-state index is 0.265. The molecule has 0 radical (unpaired) electrons. The zero-order chi connectivity index (χ0) is 13.7. The third kappa shape index (κ3) is 3.73. The fourth-order valence-electron chi connectivity index (χ4n) is 1.95. The molecular formula is C14H15ClFN3. The predicted molar refractivity (Wildman–Crippen MR) is 74.0 cm³/mol. The zero-order valence-electron chi connectivity index (χ0n) is 10.3. The minimum atomic E-state index is -0.350. The maximum atomic E-state index is 13.8. The van der Waals surface area contributed by atoms with Gasteiger partial charge in [-0.1, -0.05) is 23.7 Å². The molecule has 0 aliphatic heterocycles. The molecule has 1 aromatic carbocycles. The van der Waals surface area contributed by atoms with Crippen LogP contribution in [0.25, 0.3) is 0 Å². The average molecular weight is 280 g/mol. The molecule has 2 aromatic rings. The van der Waals surface area contributed by atoms with E-state index in [0.29, 0.717) is 17.0 Å². The highest BCUT2D eigenvalue weighted by Crippen LogP contribution is 2.23. The molecule has 0 bridgehead atoms. The van der Waals surface area contributed by atoms with Crippen LogP contribution in [0.2, 0.25) is 5.02 Å². The standard InChI is InChI=1S/C14H15ClFN3/c15-10-4-6-12(13(16)9-10)14(19-17)7-5-11-3-1-2-8-18-11/h1-4,6,8-9,14,19H,5,7,17H2. The number of rotatable bonds is 5. The largest absolute Gasteiger partial charge is 0.271 e. The number of pyridine rings is 1. The van der Waals surface area contributed by atoms with Crippen LogP contribution in [-0.4, -0.2) is 4.98 Å². The van der Waals surface area contributed by atoms with Crippen molar-refractivity contribution in [3.63, 3.8) is 0 Å². The summed E-state index contributed by atoms with van der Waals surface area (Å²) in [4.78, 5) is 4.23. The van der Waals surface area contributed by atoms with Crippen molar-refractivity contribution in [3.05, 3.63) is 64.7 Å². The lowest BCUT2D eigenvalue weighted by atomic mass is 10.0. The van der Waals surface area contributed by atoms with Gasteiger partial charge in [0.25, 0.3) is 0 Å². The van der Waals surface area contributed by atoms with E-state index in [2.05, 4.69) is 10.4 Å². The molecular weight excluding hydrogens is 265 g/mol. The van der Waals surface area contributed by atoms with Crippen LogP contribution >= 0.6 is 11.6 Å². The Hall–Kier alpha value is -1.49. The molecule has 0 aliphatic carbocycles. The Morgan fingerprint density at radius 1 is 1.32 bits per heavy atom. The lowest BCUT2D eigenvalue weighted by molar-refractivity contribution is 0.483. The van der Waals surface area contributed by atoms with E-state index < -0.39 is 0 Å². The van der Waals surface area contributed by atoms with Crippen LogP contribution in [0.1, 0.15) is 23.7 Å². The second kappa shape index (κ2) is 6.61. The summed E-state index contributed by atoms with van der Waals surface area (Å²) in [5, 5.41) is 0.377. The number of benzene rings is 1. The summed E-state index contributed by atoms with van der Waals surface area (Å²) in [6, 6.07) is 10.1. The van der Waals surface area contributed by atoms with Crippen molar-refractivity contribution < 1.29 is 4.39 Å². The molecule has 3 nitrogen and oxygen atoms in total. The third-order valence-electron chi connectivity index (χ3n) is 2.95. The number of aryl methyl sites for hydroxylation is 1. The van der Waals surface area contributed by atoms with Gasteiger partial charge in [-0.2, -0.15) is 0 Å². The number of nitrogens with one attached hydrogen (secondary N) is 1. The Bertz CT molecular complexity index is 533. The van der Waals surface area contributed by atoms with Crippen molar-refractivity contribution in [1.29, 1.82) is 0 Å². The van der Waals surface area contributed by atoms with E-state index in [1.165, 1.54) is 6.07 Å². The Kier molecular flexibility index (Phi) is 4.85. The lowest BCUT2D eigenvalue weighted by Gasteiger charge is -2.17. The molecule has 100 valence electrons. The molecule has 0 fully saturated rings. The van der Waals surface area contributed by atoms with E-state index in [1.807, 2.05) is 18.2 Å². The van der Waals surface area contributed by atoms with Gasteiger partial charge in [-0.25, -0.2) is 4.39 Å². The third-order valence-corrected chi connectivity index (χ3v) is 3.19. The van der Waals surface area contributed by atoms with Gasteiger partial charge in [0, 0.05) is 28.5 Å². The first-order chi connectivity index (χ1) is 9.20. The number of hydrogen-bond acceptors (Lipinski definition) is 3. The number of nitrogens with zero attached hydrogens (tertiary/aromatic N) is 1. The summed E-state index contributed by atoms with van der Waals surface area (Å²) in [7, 11) is 0. The summed E-state index contributed by atoms with van der Waals surface area (Å²) < 4.78 is 13.8. The molecule has 1 unspecified atom stereocenters. The monoisotopic (exact) mass is 279 g/mol. The zero-order valence-corrected chi connectivity index (χ0v) is 11.1. The highest BCUT2D eigenvalue weighted by Gasteiger charge is 2.14. The molecule has 1 atom stereocenters. The number of aromatic nitrogens is 1. The van der Waals surface area contributed by atoms with Gasteiger partial charge in [0.1, 0.15) is 5.82 Å². The van der Waals surface area contributed by atoms with Gasteiger partial charge in [0.2, 0.25) is 0 Å². The molecule has 0 saturated heterocycles. The summed E-state index contributed by atoms with van der Waals surface area (Å²) in [5.74, 6) is 5.16. The quantitative estimate of drug-likeness (QED) is 0.653. The molecule has 0 amide bonds. The van der Waals surface area contributed by atoms with Crippen molar-refractivity contribution in [2.24, 2.45) is 5.84 Å². The van der Waals surface area contributed by atoms with Crippen molar-refractivity contribution in [1.82, 2.24) is 10.4 Å². The topological polar surface area (TPSA) is 50.9 Å². The molecule has 0 saturated carbocycles. The van der Waals surface area contributed by atoms with Gasteiger partial charge in [0.15, 0.2) is 0 Å². The number of hydrogen-bond donors (Lipinski definition) is 2. The maximum absolute atomic E-state index is 13.8. The van der Waals surface area contributed by atoms with E-state index in [-0.39, 0.29) is 11.9 Å². The van der Waals surface area contributed by atoms with Crippen LogP contribution in [0.4, 0.5) is 4.39 Å². The first-order valence-corrected chi connectivity index (χ1v) is 6.39. The Balaban J connectivity index is 2.08. The van der Waals surface area contributed by atoms with Crippen LogP contribution in [-0.2, 0) is 6.42 Å². The SMILES string of the molecule is NNC(CCc1ccccn1)c1ccc(Cl)cc1F. The molecule has 1 aromatic heterocycles. The summed E-state index contributed by atoms with van der Waals surface area (Å²) in [6.45, 7) is 0. The predicted octanol–water partition coefficient (Wildman–Crippen LogP) is 3.01. The summed E-state index contributed by atoms with van der Waals surface area (Å²) >= 11 is 5.74. The van der Waals surface area contributed by atoms with Crippen LogP contribution in [0.5, 0.6) is 0 Å². The lowest BCUT2D eigenvalue weighted by Crippen LogP contribution is -2.29. The number of halogens is 2. The molecule has 5 heteroatoms. The van der Waals surface area contributed by atoms with Crippen molar-refractivity contribution in [3.8, 4) is 0 Å². The van der Waals surface area contributed by atoms with Crippen LogP contribution in [0.15, 0.2) is 42.6 Å². The van der Waals surface area contributed by atoms with Gasteiger partial charge in [-0.15, -0.1) is 0 Å². The Labute approximate surface area is 116 Å². The van der Waals surface area contributed by atoms with Gasteiger partial charge < -0.3 is 0 Å². The van der Waals surface area contributed by atoms with E-state index in [9.17, 15) is 4.39 Å². The average Bonchev–Trinajstić information content (AvgIpc) is 2.42. The molecule has 19 heavy (non-hydrogen) atoms. The molecule has 0 spiro atoms. The van der Waals surface area contributed by atoms with Crippen molar-refractivity contribution >= 4 is 11.6 Å². The normalized spacial score (nSPS) is 12.4. The molecule has 3 N–H and O–H groups in total. The number of hydrazine groups is 1. The molecule has 1 heterocycles. The second-order valence-electron chi connectivity index (χ2n) is 4.24. The Morgan fingerprint density at radius 2 is 2.16 bits per heavy atom. The first kappa shape index (κ1) is 13.9. The van der Waals surface area contributed by atoms with Crippen molar-refractivity contribution in [2.45, 2.75) is 18.9 Å². The van der Waals surface area contributed by atoms with Crippen LogP contribution < -0.4 is 11.3 Å². The van der Waals surface area contributed by atoms with Gasteiger partial charge in [-0.3, -0.25) is 16.3 Å². The minimum Gasteiger partial charge on any atom is -0.271 e. The molecule has 2 rings (SSSR count). The smallest absolute Gasteiger partial charge is 0.129 e.